The van der Waals surface area contributed by atoms with Crippen molar-refractivity contribution in [2.45, 2.75) is 32.4 Å². The smallest absolute Gasteiger partial charge is 0.237 e. The minimum atomic E-state index is -0.228. The van der Waals surface area contributed by atoms with Crippen LogP contribution in [0.3, 0.4) is 0 Å². The Balaban J connectivity index is 1.51. The first-order valence-corrected chi connectivity index (χ1v) is 10.1. The molecule has 3 N–H and O–H groups in total. The van der Waals surface area contributed by atoms with Gasteiger partial charge in [0.05, 0.1) is 6.04 Å². The first kappa shape index (κ1) is 19.9. The van der Waals surface area contributed by atoms with Crippen molar-refractivity contribution in [3.8, 4) is 0 Å². The Morgan fingerprint density at radius 2 is 1.96 bits per heavy atom. The molecule has 1 aliphatic rings. The monoisotopic (exact) mass is 371 g/mol. The molecule has 1 aliphatic heterocycles. The second-order valence-corrected chi connectivity index (χ2v) is 7.47. The summed E-state index contributed by atoms with van der Waals surface area (Å²) in [6, 6.07) is 8.35. The molecule has 2 atom stereocenters. The summed E-state index contributed by atoms with van der Waals surface area (Å²) in [7, 11) is 1.85. The molecule has 2 aromatic rings. The molecule has 0 saturated carbocycles. The third-order valence-corrected chi connectivity index (χ3v) is 5.81. The third kappa shape index (κ3) is 4.89. The average molecular weight is 372 g/mol. The Kier molecular flexibility index (Phi) is 6.88. The van der Waals surface area contributed by atoms with Gasteiger partial charge in [-0.1, -0.05) is 25.1 Å². The number of carbonyl (C=O) groups is 1. The Bertz CT molecular complexity index is 735. The van der Waals surface area contributed by atoms with E-state index in [4.69, 9.17) is 0 Å². The van der Waals surface area contributed by atoms with Gasteiger partial charge in [-0.05, 0) is 38.6 Å². The number of nitrogens with zero attached hydrogens (tertiary/aromatic N) is 2. The lowest BCUT2D eigenvalue weighted by Gasteiger charge is -2.37. The zero-order valence-corrected chi connectivity index (χ0v) is 16.8. The molecule has 1 saturated heterocycles. The van der Waals surface area contributed by atoms with Gasteiger partial charge in [-0.15, -0.1) is 0 Å². The van der Waals surface area contributed by atoms with E-state index in [9.17, 15) is 4.79 Å². The molecular weight excluding hydrogens is 338 g/mol. The number of hydrogen-bond donors (Lipinski definition) is 3. The Morgan fingerprint density at radius 1 is 1.22 bits per heavy atom. The number of fused-ring (bicyclic) bond motifs is 1. The van der Waals surface area contributed by atoms with Gasteiger partial charge in [0.2, 0.25) is 5.91 Å². The van der Waals surface area contributed by atoms with Gasteiger partial charge in [-0.2, -0.15) is 0 Å². The van der Waals surface area contributed by atoms with E-state index >= 15 is 0 Å². The Hall–Kier alpha value is -1.89. The van der Waals surface area contributed by atoms with E-state index in [0.717, 1.165) is 38.2 Å². The molecule has 0 aliphatic carbocycles. The molecule has 1 fully saturated rings. The number of carbonyl (C=O) groups excluding carboxylic acids is 1. The number of benzene rings is 1. The quantitative estimate of drug-likeness (QED) is 0.657. The van der Waals surface area contributed by atoms with Crippen LogP contribution >= 0.6 is 0 Å². The molecule has 0 bridgehead atoms. The van der Waals surface area contributed by atoms with Crippen molar-refractivity contribution >= 4 is 16.8 Å². The van der Waals surface area contributed by atoms with E-state index in [0.29, 0.717) is 19.0 Å². The van der Waals surface area contributed by atoms with Gasteiger partial charge in [0.15, 0.2) is 0 Å². The van der Waals surface area contributed by atoms with Crippen LogP contribution in [-0.4, -0.2) is 79.1 Å². The maximum atomic E-state index is 12.7. The molecule has 148 valence electrons. The number of piperazine rings is 1. The van der Waals surface area contributed by atoms with Crippen molar-refractivity contribution in [3.63, 3.8) is 0 Å². The summed E-state index contributed by atoms with van der Waals surface area (Å²) in [4.78, 5) is 20.9. The summed E-state index contributed by atoms with van der Waals surface area (Å²) in [6.45, 7) is 10.6. The Morgan fingerprint density at radius 3 is 2.67 bits per heavy atom. The number of nitrogens with one attached hydrogen (secondary N) is 3. The van der Waals surface area contributed by atoms with Crippen molar-refractivity contribution in [1.29, 1.82) is 0 Å². The number of aromatic amines is 1. The number of amides is 1. The van der Waals surface area contributed by atoms with Gasteiger partial charge in [-0.3, -0.25) is 9.69 Å². The van der Waals surface area contributed by atoms with Gasteiger partial charge in [0, 0.05) is 55.9 Å². The fraction of sp³-hybridized carbons (Fsp3) is 0.571. The molecule has 3 rings (SSSR count). The molecule has 1 aromatic carbocycles. The van der Waals surface area contributed by atoms with Crippen LogP contribution in [0.25, 0.3) is 10.9 Å². The van der Waals surface area contributed by atoms with E-state index in [-0.39, 0.29) is 11.9 Å². The van der Waals surface area contributed by atoms with Crippen LogP contribution in [0.4, 0.5) is 0 Å². The van der Waals surface area contributed by atoms with Gasteiger partial charge in [0.1, 0.15) is 0 Å². The number of likely N-dealkylation sites (N-methyl/N-ethyl adjacent to an activating group) is 2. The molecule has 0 radical (unpaired) electrons. The zero-order chi connectivity index (χ0) is 19.2. The number of rotatable bonds is 8. The molecule has 0 spiro atoms. The largest absolute Gasteiger partial charge is 0.361 e. The lowest BCUT2D eigenvalue weighted by Crippen LogP contribution is -2.53. The van der Waals surface area contributed by atoms with Crippen LogP contribution in [0.15, 0.2) is 30.5 Å². The summed E-state index contributed by atoms with van der Waals surface area (Å²) >= 11 is 0. The number of H-pyrrole nitrogens is 1. The molecule has 2 heterocycles. The predicted molar refractivity (Wildman–Crippen MR) is 111 cm³/mol. The van der Waals surface area contributed by atoms with Crippen molar-refractivity contribution in [1.82, 2.24) is 25.4 Å². The normalized spacial score (nSPS) is 18.5. The average Bonchev–Trinajstić information content (AvgIpc) is 3.13. The van der Waals surface area contributed by atoms with E-state index in [1.165, 1.54) is 10.9 Å². The minimum absolute atomic E-state index is 0.0711. The Labute approximate surface area is 162 Å². The van der Waals surface area contributed by atoms with Crippen molar-refractivity contribution < 1.29 is 4.79 Å². The van der Waals surface area contributed by atoms with E-state index in [1.807, 2.05) is 25.4 Å². The summed E-state index contributed by atoms with van der Waals surface area (Å²) in [6.07, 6.45) is 2.69. The van der Waals surface area contributed by atoms with Crippen LogP contribution in [0, 0.1) is 0 Å². The molecule has 2 unspecified atom stereocenters. The summed E-state index contributed by atoms with van der Waals surface area (Å²) in [5.41, 5.74) is 2.28. The molecule has 1 aromatic heterocycles. The second-order valence-electron chi connectivity index (χ2n) is 7.47. The number of para-hydroxylation sites is 1. The van der Waals surface area contributed by atoms with E-state index in [1.54, 1.807) is 0 Å². The lowest BCUT2D eigenvalue weighted by molar-refractivity contribution is -0.123. The summed E-state index contributed by atoms with van der Waals surface area (Å²) in [5, 5.41) is 7.51. The second kappa shape index (κ2) is 9.35. The minimum Gasteiger partial charge on any atom is -0.361 e. The maximum absolute atomic E-state index is 12.7. The molecule has 1 amide bonds. The van der Waals surface area contributed by atoms with Crippen LogP contribution in [0.2, 0.25) is 0 Å². The third-order valence-electron chi connectivity index (χ3n) is 5.81. The van der Waals surface area contributed by atoms with Gasteiger partial charge in [-0.25, -0.2) is 0 Å². The molecule has 6 nitrogen and oxygen atoms in total. The van der Waals surface area contributed by atoms with Gasteiger partial charge in [0.25, 0.3) is 0 Å². The van der Waals surface area contributed by atoms with Crippen LogP contribution in [-0.2, 0) is 11.2 Å². The molecular formula is C21H33N5O. The van der Waals surface area contributed by atoms with Crippen molar-refractivity contribution in [2.75, 3.05) is 46.3 Å². The van der Waals surface area contributed by atoms with Gasteiger partial charge < -0.3 is 20.5 Å². The number of hydrogen-bond acceptors (Lipinski definition) is 4. The highest BCUT2D eigenvalue weighted by molar-refractivity contribution is 5.86. The van der Waals surface area contributed by atoms with Crippen LogP contribution in [0.5, 0.6) is 0 Å². The predicted octanol–water partition coefficient (Wildman–Crippen LogP) is 1.44. The SMILES string of the molecule is CCN1CCN(C(C)CNC(=O)C(Cc2c[nH]c3ccccc23)NC)CC1. The maximum Gasteiger partial charge on any atom is 0.237 e. The first-order valence-electron chi connectivity index (χ1n) is 10.1. The molecule has 6 heteroatoms. The van der Waals surface area contributed by atoms with Crippen molar-refractivity contribution in [3.05, 3.63) is 36.0 Å². The fourth-order valence-corrected chi connectivity index (χ4v) is 3.87. The lowest BCUT2D eigenvalue weighted by atomic mass is 10.0. The summed E-state index contributed by atoms with van der Waals surface area (Å²) in [5.74, 6) is 0.0711. The highest BCUT2D eigenvalue weighted by atomic mass is 16.2. The first-order chi connectivity index (χ1) is 13.1. The summed E-state index contributed by atoms with van der Waals surface area (Å²) < 4.78 is 0. The van der Waals surface area contributed by atoms with E-state index < -0.39 is 0 Å². The van der Waals surface area contributed by atoms with Crippen molar-refractivity contribution in [2.24, 2.45) is 0 Å². The topological polar surface area (TPSA) is 63.4 Å². The highest BCUT2D eigenvalue weighted by Crippen LogP contribution is 2.19. The van der Waals surface area contributed by atoms with Gasteiger partial charge >= 0.3 is 0 Å². The highest BCUT2D eigenvalue weighted by Gasteiger charge is 2.23. The standard InChI is InChI=1S/C21H33N5O/c1-4-25-9-11-26(12-10-25)16(2)14-24-21(27)20(22-3)13-17-15-23-19-8-6-5-7-18(17)19/h5-8,15-16,20,22-23H,4,9-14H2,1-3H3,(H,24,27). The van der Waals surface area contributed by atoms with Crippen LogP contribution < -0.4 is 10.6 Å². The molecule has 27 heavy (non-hydrogen) atoms. The fourth-order valence-electron chi connectivity index (χ4n) is 3.87. The number of aromatic nitrogens is 1. The van der Waals surface area contributed by atoms with Crippen LogP contribution in [0.1, 0.15) is 19.4 Å². The van der Waals surface area contributed by atoms with E-state index in [2.05, 4.69) is 51.4 Å². The zero-order valence-electron chi connectivity index (χ0n) is 16.8.